The van der Waals surface area contributed by atoms with E-state index in [1.54, 1.807) is 0 Å². The van der Waals surface area contributed by atoms with Crippen LogP contribution in [0.4, 0.5) is 0 Å². The molecule has 0 fully saturated rings. The van der Waals surface area contributed by atoms with Crippen molar-refractivity contribution in [2.24, 2.45) is 0 Å². The summed E-state index contributed by atoms with van der Waals surface area (Å²) in [6.07, 6.45) is 72.5. The van der Waals surface area contributed by atoms with E-state index in [1.165, 1.54) is 96.3 Å². The molecular weight excluding hydrogens is 829 g/mol. The molecule has 0 bridgehead atoms. The maximum atomic E-state index is 12.8. The first-order chi connectivity index (χ1) is 33.0. The van der Waals surface area contributed by atoms with Crippen molar-refractivity contribution in [1.82, 2.24) is 0 Å². The van der Waals surface area contributed by atoms with E-state index >= 15 is 0 Å². The minimum absolute atomic E-state index is 0.113. The summed E-state index contributed by atoms with van der Waals surface area (Å²) < 4.78 is 16.8. The molecule has 0 unspecified atom stereocenters. The minimum Gasteiger partial charge on any atom is -0.462 e. The Hall–Kier alpha value is -3.67. The molecule has 382 valence electrons. The molecule has 0 N–H and O–H groups in total. The summed E-state index contributed by atoms with van der Waals surface area (Å²) in [6.45, 7) is 6.50. The van der Waals surface area contributed by atoms with Gasteiger partial charge in [0, 0.05) is 19.3 Å². The minimum atomic E-state index is -0.820. The van der Waals surface area contributed by atoms with Gasteiger partial charge >= 0.3 is 17.9 Å². The SMILES string of the molecule is CCCCC/C=C\C/C=C\C/C=C\CCCCCCC(=O)OC[C@H](COC(=O)CCCCCCC/C=C\C/C=C\CCCCC)OC(=O)CCC/C=C\C/C=C\C/C=C\CCCCCCCC. The lowest BCUT2D eigenvalue weighted by molar-refractivity contribution is -0.167. The van der Waals surface area contributed by atoms with Crippen LogP contribution in [0.2, 0.25) is 0 Å². The predicted molar refractivity (Wildman–Crippen MR) is 288 cm³/mol. The standard InChI is InChI=1S/C61H102O6/c1-4-7-10-13-16-19-22-25-28-30-33-36-39-42-45-48-51-54-60(63)66-57-58(56-65-59(62)53-50-47-44-41-38-35-32-27-24-21-18-15-12-9-6-3)67-61(64)55-52-49-46-43-40-37-34-31-29-26-23-20-17-14-11-8-5-2/h16,18-19,21,25-29,32-34,36-37,43,46,58H,4-15,17,20,22-24,30-31,35,38-42,44-45,47-57H2,1-3H3/b19-16-,21-18-,28-25-,29-26-,32-27-,36-33-,37-34-,46-43-/t58-/m0/s1. The summed E-state index contributed by atoms with van der Waals surface area (Å²) in [4.78, 5) is 38.1. The number of carbonyl (C=O) groups excluding carboxylic acids is 3. The first kappa shape index (κ1) is 63.3. The van der Waals surface area contributed by atoms with Gasteiger partial charge in [-0.05, 0) is 122 Å². The van der Waals surface area contributed by atoms with Crippen LogP contribution < -0.4 is 0 Å². The average molecular weight is 931 g/mol. The molecule has 0 saturated carbocycles. The van der Waals surface area contributed by atoms with Gasteiger partial charge in [0.1, 0.15) is 13.2 Å². The fraction of sp³-hybridized carbons (Fsp3) is 0.689. The highest BCUT2D eigenvalue weighted by Crippen LogP contribution is 2.12. The van der Waals surface area contributed by atoms with Gasteiger partial charge in [-0.15, -0.1) is 0 Å². The van der Waals surface area contributed by atoms with Crippen LogP contribution in [-0.2, 0) is 28.6 Å². The van der Waals surface area contributed by atoms with Crippen molar-refractivity contribution in [3.8, 4) is 0 Å². The second-order valence-corrected chi connectivity index (χ2v) is 18.1. The Bertz CT molecular complexity index is 1350. The molecule has 1 atom stereocenters. The molecule has 0 aromatic rings. The van der Waals surface area contributed by atoms with E-state index in [4.69, 9.17) is 14.2 Å². The van der Waals surface area contributed by atoms with Crippen molar-refractivity contribution in [3.63, 3.8) is 0 Å². The number of ether oxygens (including phenoxy) is 3. The zero-order chi connectivity index (χ0) is 48.6. The van der Waals surface area contributed by atoms with Gasteiger partial charge in [-0.1, -0.05) is 208 Å². The number of esters is 3. The largest absolute Gasteiger partial charge is 0.462 e. The molecule has 0 aliphatic carbocycles. The van der Waals surface area contributed by atoms with Crippen molar-refractivity contribution in [3.05, 3.63) is 97.2 Å². The number of hydrogen-bond acceptors (Lipinski definition) is 6. The zero-order valence-corrected chi connectivity index (χ0v) is 43.6. The summed E-state index contributed by atoms with van der Waals surface area (Å²) >= 11 is 0. The normalized spacial score (nSPS) is 12.8. The molecule has 6 heteroatoms. The third-order valence-electron chi connectivity index (χ3n) is 11.5. The Morgan fingerprint density at radius 2 is 0.552 bits per heavy atom. The highest BCUT2D eigenvalue weighted by atomic mass is 16.6. The highest BCUT2D eigenvalue weighted by Gasteiger charge is 2.19. The highest BCUT2D eigenvalue weighted by molar-refractivity contribution is 5.71. The van der Waals surface area contributed by atoms with Crippen LogP contribution in [0.5, 0.6) is 0 Å². The molecule has 0 amide bonds. The molecule has 0 spiro atoms. The van der Waals surface area contributed by atoms with E-state index < -0.39 is 6.10 Å². The van der Waals surface area contributed by atoms with E-state index in [0.717, 1.165) is 109 Å². The van der Waals surface area contributed by atoms with Gasteiger partial charge in [-0.3, -0.25) is 14.4 Å². The molecule has 6 nitrogen and oxygen atoms in total. The Morgan fingerprint density at radius 3 is 0.910 bits per heavy atom. The Morgan fingerprint density at radius 1 is 0.299 bits per heavy atom. The van der Waals surface area contributed by atoms with Gasteiger partial charge in [0.05, 0.1) is 0 Å². The maximum Gasteiger partial charge on any atom is 0.306 e. The van der Waals surface area contributed by atoms with Crippen molar-refractivity contribution < 1.29 is 28.6 Å². The molecule has 0 aliphatic rings. The van der Waals surface area contributed by atoms with Gasteiger partial charge < -0.3 is 14.2 Å². The first-order valence-corrected chi connectivity index (χ1v) is 27.7. The molecular formula is C61H102O6. The summed E-state index contributed by atoms with van der Waals surface area (Å²) in [5.41, 5.74) is 0. The molecule has 0 saturated heterocycles. The molecule has 0 radical (unpaired) electrons. The van der Waals surface area contributed by atoms with Gasteiger partial charge in [-0.25, -0.2) is 0 Å². The predicted octanol–water partition coefficient (Wildman–Crippen LogP) is 18.5. The summed E-state index contributed by atoms with van der Waals surface area (Å²) in [5, 5.41) is 0. The summed E-state index contributed by atoms with van der Waals surface area (Å²) in [7, 11) is 0. The topological polar surface area (TPSA) is 78.9 Å². The third kappa shape index (κ3) is 53.2. The zero-order valence-electron chi connectivity index (χ0n) is 43.6. The van der Waals surface area contributed by atoms with Crippen LogP contribution in [0.1, 0.15) is 252 Å². The molecule has 0 aromatic heterocycles. The van der Waals surface area contributed by atoms with Gasteiger partial charge in [0.2, 0.25) is 0 Å². The second kappa shape index (κ2) is 54.9. The van der Waals surface area contributed by atoms with Crippen molar-refractivity contribution in [2.45, 2.75) is 258 Å². The lowest BCUT2D eigenvalue weighted by Crippen LogP contribution is -2.30. The van der Waals surface area contributed by atoms with Crippen molar-refractivity contribution in [2.75, 3.05) is 13.2 Å². The van der Waals surface area contributed by atoms with Crippen LogP contribution in [0.15, 0.2) is 97.2 Å². The van der Waals surface area contributed by atoms with Gasteiger partial charge in [-0.2, -0.15) is 0 Å². The van der Waals surface area contributed by atoms with Gasteiger partial charge in [0.15, 0.2) is 6.10 Å². The average Bonchev–Trinajstić information content (AvgIpc) is 3.33. The second-order valence-electron chi connectivity index (χ2n) is 18.1. The Balaban J connectivity index is 4.54. The first-order valence-electron chi connectivity index (χ1n) is 27.7. The number of rotatable bonds is 49. The van der Waals surface area contributed by atoms with E-state index in [9.17, 15) is 14.4 Å². The van der Waals surface area contributed by atoms with Crippen LogP contribution in [-0.4, -0.2) is 37.2 Å². The molecule has 0 aliphatic heterocycles. The van der Waals surface area contributed by atoms with E-state index in [0.29, 0.717) is 19.3 Å². The van der Waals surface area contributed by atoms with E-state index in [2.05, 4.69) is 118 Å². The van der Waals surface area contributed by atoms with Crippen LogP contribution in [0.25, 0.3) is 0 Å². The Labute approximate surface area is 413 Å². The Kier molecular flexibility index (Phi) is 51.9. The monoisotopic (exact) mass is 931 g/mol. The third-order valence-corrected chi connectivity index (χ3v) is 11.5. The summed E-state index contributed by atoms with van der Waals surface area (Å²) in [5.74, 6) is -1.00. The quantitative estimate of drug-likeness (QED) is 0.0262. The maximum absolute atomic E-state index is 12.8. The smallest absolute Gasteiger partial charge is 0.306 e. The molecule has 0 aromatic carbocycles. The summed E-state index contributed by atoms with van der Waals surface area (Å²) in [6, 6.07) is 0. The van der Waals surface area contributed by atoms with Crippen molar-refractivity contribution in [1.29, 1.82) is 0 Å². The molecule has 0 heterocycles. The number of hydrogen-bond donors (Lipinski definition) is 0. The van der Waals surface area contributed by atoms with Crippen LogP contribution >= 0.6 is 0 Å². The lowest BCUT2D eigenvalue weighted by Gasteiger charge is -2.18. The van der Waals surface area contributed by atoms with Crippen molar-refractivity contribution >= 4 is 17.9 Å². The number of unbranched alkanes of at least 4 members (excludes halogenated alkanes) is 22. The fourth-order valence-electron chi connectivity index (χ4n) is 7.32. The number of carbonyl (C=O) groups is 3. The van der Waals surface area contributed by atoms with Gasteiger partial charge in [0.25, 0.3) is 0 Å². The van der Waals surface area contributed by atoms with E-state index in [-0.39, 0.29) is 37.5 Å². The number of allylic oxidation sites excluding steroid dienone is 16. The lowest BCUT2D eigenvalue weighted by atomic mass is 10.1. The van der Waals surface area contributed by atoms with Crippen LogP contribution in [0.3, 0.4) is 0 Å². The van der Waals surface area contributed by atoms with Crippen LogP contribution in [0, 0.1) is 0 Å². The molecule has 67 heavy (non-hydrogen) atoms. The fourth-order valence-corrected chi connectivity index (χ4v) is 7.32. The van der Waals surface area contributed by atoms with E-state index in [1.807, 2.05) is 0 Å². The molecule has 0 rings (SSSR count).